The van der Waals surface area contributed by atoms with Crippen LogP contribution in [-0.2, 0) is 82.8 Å². The van der Waals surface area contributed by atoms with Gasteiger partial charge >= 0.3 is 6.03 Å². The summed E-state index contributed by atoms with van der Waals surface area (Å²) in [5, 5.41) is 64.4. The Hall–Kier alpha value is -11.7. The van der Waals surface area contributed by atoms with Crippen LogP contribution in [0.15, 0.2) is 102 Å². The number of nitrogens with two attached hydrogens (primary N) is 6. The third kappa shape index (κ3) is 29.7. The van der Waals surface area contributed by atoms with E-state index < -0.39 is 167 Å². The Morgan fingerprint density at radius 1 is 0.587 bits per heavy atom. The van der Waals surface area contributed by atoms with Crippen molar-refractivity contribution >= 4 is 115 Å². The van der Waals surface area contributed by atoms with Gasteiger partial charge in [-0.15, -0.1) is 0 Å². The molecule has 0 aliphatic carbocycles. The first-order chi connectivity index (χ1) is 59.8. The van der Waals surface area contributed by atoms with E-state index in [9.17, 15) is 66.6 Å². The Morgan fingerprint density at radius 3 is 1.70 bits per heavy atom. The fourth-order valence-electron chi connectivity index (χ4n) is 14.1. The van der Waals surface area contributed by atoms with Crippen LogP contribution in [-0.4, -0.2) is 228 Å². The molecule has 1 aliphatic rings. The molecule has 26 N–H and O–H groups in total. The fourth-order valence-corrected chi connectivity index (χ4v) is 14.9. The predicted molar refractivity (Wildman–Crippen MR) is 474 cm³/mol. The molecule has 6 aromatic rings. The van der Waals surface area contributed by atoms with Gasteiger partial charge in [-0.2, -0.15) is 10.1 Å². The maximum absolute atomic E-state index is 15.1. The molecule has 4 aromatic carbocycles. The van der Waals surface area contributed by atoms with Crippen LogP contribution in [0.3, 0.4) is 0 Å². The van der Waals surface area contributed by atoms with Gasteiger partial charge in [0.15, 0.2) is 0 Å². The number of aryl methyl sites for hydroxylation is 3. The molecule has 0 spiro atoms. The van der Waals surface area contributed by atoms with Gasteiger partial charge in [-0.1, -0.05) is 102 Å². The number of nitrogens with one attached hydrogen (secondary N) is 12. The van der Waals surface area contributed by atoms with Gasteiger partial charge in [0.1, 0.15) is 66.2 Å². The van der Waals surface area contributed by atoms with Crippen LogP contribution in [0.2, 0.25) is 0 Å². The Balaban J connectivity index is 1.18. The second kappa shape index (κ2) is 48.7. The lowest BCUT2D eigenvalue weighted by Gasteiger charge is -2.29. The highest BCUT2D eigenvalue weighted by molar-refractivity contribution is 7.89. The van der Waals surface area contributed by atoms with Gasteiger partial charge in [-0.05, 0) is 188 Å². The summed E-state index contributed by atoms with van der Waals surface area (Å²) in [7, 11) is -0.632. The zero-order chi connectivity index (χ0) is 92.8. The predicted octanol–water partition coefficient (Wildman–Crippen LogP) is -0.821. The molecule has 12 atom stereocenters. The summed E-state index contributed by atoms with van der Waals surface area (Å²) in [6.45, 7) is 12.1. The molecule has 7 rings (SSSR count). The van der Waals surface area contributed by atoms with Crippen LogP contribution in [0.25, 0.3) is 22.0 Å². The second-order valence-electron chi connectivity index (χ2n) is 32.4. The topological polar surface area (TPSA) is 630 Å². The Labute approximate surface area is 733 Å². The number of amides is 13. The summed E-state index contributed by atoms with van der Waals surface area (Å²) in [4.78, 5) is 185. The number of rotatable bonds is 37. The van der Waals surface area contributed by atoms with E-state index in [0.717, 1.165) is 46.4 Å². The van der Waals surface area contributed by atoms with Crippen molar-refractivity contribution in [3.63, 3.8) is 0 Å². The molecule has 0 saturated carbocycles. The van der Waals surface area contributed by atoms with E-state index in [2.05, 4.69) is 87.7 Å². The largest absolute Gasteiger partial charge is 0.391 e. The van der Waals surface area contributed by atoms with Crippen LogP contribution in [0.5, 0.6) is 0 Å². The molecule has 1 fully saturated rings. The molecule has 41 heteroatoms. The zero-order valence-corrected chi connectivity index (χ0v) is 73.9. The number of urea groups is 1. The summed E-state index contributed by atoms with van der Waals surface area (Å²) in [6.07, 6.45) is -0.392. The molecule has 2 aromatic heterocycles. The highest BCUT2D eigenvalue weighted by Crippen LogP contribution is 2.32. The van der Waals surface area contributed by atoms with E-state index in [1.807, 2.05) is 32.2 Å². The SMILES string of the molecule is Cc1ccc(N(C(=O)NCc2ccc(-c3ccc(CC4NC(=O)C(CCN)NC(=O)C(NC(=O)[C@@H](CCN)NC(=O)C(NC(=O)[C@@H](CCN)NC(=O)CCCCCC(C)C)[C@@H](C)O)CCNC(=O)[C@@H]([C@@H](C)O)NC(=O)[C@@H](CCN)NC(=O)[C@@H](CCN)NC(=O)[C@@H](CC(C)C)NC4=O)cc3)cc2)c2nccc(N(C)c3ccc4c(C)n(C)nc4c3)n2)cc1S(N)(=O)=O. The second-order valence-corrected chi connectivity index (χ2v) is 33.9. The minimum Gasteiger partial charge on any atom is -0.391 e. The summed E-state index contributed by atoms with van der Waals surface area (Å²) in [5.41, 5.74) is 35.2. The average Bonchev–Trinajstić information content (AvgIpc) is 1.57. The third-order valence-electron chi connectivity index (χ3n) is 21.3. The van der Waals surface area contributed by atoms with Gasteiger partial charge < -0.3 is 108 Å². The van der Waals surface area contributed by atoms with Crippen LogP contribution >= 0.6 is 0 Å². The molecule has 4 unspecified atom stereocenters. The summed E-state index contributed by atoms with van der Waals surface area (Å²) in [5.74, 6) is -9.83. The first-order valence-corrected chi connectivity index (χ1v) is 43.9. The summed E-state index contributed by atoms with van der Waals surface area (Å²) in [6, 6.07) is 9.36. The van der Waals surface area contributed by atoms with Crippen molar-refractivity contribution in [2.45, 2.75) is 223 Å². The maximum atomic E-state index is 15.1. The molecule has 126 heavy (non-hydrogen) atoms. The highest BCUT2D eigenvalue weighted by atomic mass is 32.2. The van der Waals surface area contributed by atoms with Crippen molar-refractivity contribution in [2.75, 3.05) is 56.1 Å². The molecule has 3 heterocycles. The van der Waals surface area contributed by atoms with Gasteiger partial charge in [-0.25, -0.2) is 28.2 Å². The number of carbonyl (C=O) groups is 12. The lowest BCUT2D eigenvalue weighted by atomic mass is 9.98. The Bertz CT molecular complexity index is 4860. The van der Waals surface area contributed by atoms with E-state index in [0.29, 0.717) is 46.0 Å². The average molecular weight is 1770 g/mol. The van der Waals surface area contributed by atoms with Gasteiger partial charge in [0.25, 0.3) is 0 Å². The Kier molecular flexibility index (Phi) is 39.2. The summed E-state index contributed by atoms with van der Waals surface area (Å²) >= 11 is 0. The number of hydrogen-bond acceptors (Lipinski definition) is 25. The number of primary sulfonamides is 1. The molecule has 1 saturated heterocycles. The number of carbonyl (C=O) groups excluding carboxylic acids is 12. The third-order valence-corrected chi connectivity index (χ3v) is 22.4. The van der Waals surface area contributed by atoms with Crippen molar-refractivity contribution in [1.82, 2.24) is 83.5 Å². The van der Waals surface area contributed by atoms with E-state index in [1.54, 1.807) is 98.1 Å². The van der Waals surface area contributed by atoms with E-state index in [-0.39, 0.29) is 113 Å². The number of nitrogens with zero attached hydrogens (tertiary/aromatic N) is 6. The molecule has 1 aliphatic heterocycles. The van der Waals surface area contributed by atoms with E-state index in [1.165, 1.54) is 32.2 Å². The van der Waals surface area contributed by atoms with Crippen molar-refractivity contribution < 1.29 is 76.2 Å². The lowest BCUT2D eigenvalue weighted by Crippen LogP contribution is -2.62. The number of benzene rings is 4. The normalized spacial score (nSPS) is 19.1. The standard InChI is InChI=1S/C85H126N24O16S/c1-47(2)14-12-11-13-15-71(112)95-60(28-35-86)78(117)105-73(52(8)111)83(122)100-63(31-38-89)75(114)99-65-33-40-92-82(121)72(51(7)110)104-79(118)64(32-39-90)97-74(113)61(29-36-87)98-80(119)67(42-48(3)4)101-81(120)68(102-76(115)62(30-37-88)96-77(65)116)43-53-17-21-55(22-18-53)56-23-19-54(20-24-56)46-94-85(123)109(58-25-16-49(5)69(45-58)126(91,124)125)84-93-41-34-70(103-84)107(9)57-26-27-59-50(6)108(10)106-66(59)44-57/h16-27,34,41,44-45,47-48,51-52,60-65,67-68,72-73,110-111H,11-15,28-33,35-40,42-43,46,86-90H2,1-10H3,(H,92,121)(H,94,123)(H,95,112)(H,96,116)(H,97,113)(H,98,119)(H,99,114)(H,100,122)(H,101,120)(H,102,115)(H,104,118)(H,105,117)(H2,91,124,125)/t51-,52-,60-,61-,62?,63-,64-,65?,67-,68?,72-,73?/m1/s1. The minimum atomic E-state index is -4.27. The smallest absolute Gasteiger partial charge is 0.329 e. The lowest BCUT2D eigenvalue weighted by molar-refractivity contribution is -0.137. The fraction of sp³-hybridized carbons (Fsp3) is 0.518. The van der Waals surface area contributed by atoms with Crippen molar-refractivity contribution in [2.24, 2.45) is 52.7 Å². The Morgan fingerprint density at radius 2 is 1.13 bits per heavy atom. The monoisotopic (exact) mass is 1770 g/mol. The number of anilines is 4. The number of unbranched alkanes of at least 4 members (excludes halogenated alkanes) is 2. The molecule has 688 valence electrons. The van der Waals surface area contributed by atoms with Gasteiger partial charge in [0.05, 0.1) is 28.3 Å². The number of aliphatic hydroxyl groups excluding tert-OH is 2. The number of sulfonamides is 1. The van der Waals surface area contributed by atoms with E-state index in [4.69, 9.17) is 38.8 Å². The van der Waals surface area contributed by atoms with Crippen LogP contribution in [0, 0.1) is 25.7 Å². The van der Waals surface area contributed by atoms with Crippen molar-refractivity contribution in [1.29, 1.82) is 0 Å². The van der Waals surface area contributed by atoms with Gasteiger partial charge in [0.2, 0.25) is 81.0 Å². The zero-order valence-electron chi connectivity index (χ0n) is 73.1. The molecule has 0 radical (unpaired) electrons. The van der Waals surface area contributed by atoms with Crippen molar-refractivity contribution in [3.8, 4) is 11.1 Å². The summed E-state index contributed by atoms with van der Waals surface area (Å²) < 4.78 is 27.5. The minimum absolute atomic E-state index is 0.0399. The number of aromatic nitrogens is 4. The quantitative estimate of drug-likeness (QED) is 0.0212. The van der Waals surface area contributed by atoms with E-state index >= 15 is 9.59 Å². The number of fused-ring (bicyclic) bond motifs is 1. The number of hydrogen-bond donors (Lipinski definition) is 20. The molecular formula is C85H126N24O16S. The highest BCUT2D eigenvalue weighted by Gasteiger charge is 2.39. The molecule has 40 nitrogen and oxygen atoms in total. The van der Waals surface area contributed by atoms with Gasteiger partial charge in [0, 0.05) is 63.0 Å². The first-order valence-electron chi connectivity index (χ1n) is 42.4. The van der Waals surface area contributed by atoms with Crippen LogP contribution in [0.4, 0.5) is 27.9 Å². The van der Waals surface area contributed by atoms with Gasteiger partial charge in [-0.3, -0.25) is 57.4 Å². The van der Waals surface area contributed by atoms with Crippen LogP contribution < -0.4 is 107 Å². The maximum Gasteiger partial charge on any atom is 0.329 e. The molecular weight excluding hydrogens is 1650 g/mol. The number of aliphatic hydroxyl groups is 2. The molecule has 0 bridgehead atoms. The molecule has 13 amide bonds. The van der Waals surface area contributed by atoms with Crippen LogP contribution in [0.1, 0.15) is 141 Å². The van der Waals surface area contributed by atoms with Crippen molar-refractivity contribution in [3.05, 3.63) is 120 Å². The first kappa shape index (κ1) is 101.